The number of halogens is 1. The Hall–Kier alpha value is -3.31. The number of benzene rings is 2. The van der Waals surface area contributed by atoms with Gasteiger partial charge in [0, 0.05) is 18.0 Å². The van der Waals surface area contributed by atoms with Gasteiger partial charge in [0.1, 0.15) is 11.4 Å². The number of fused-ring (bicyclic) bond motifs is 1. The number of nitrogens with one attached hydrogen (secondary N) is 1. The lowest BCUT2D eigenvalue weighted by Gasteiger charge is -2.16. The quantitative estimate of drug-likeness (QED) is 0.485. The van der Waals surface area contributed by atoms with E-state index in [1.165, 1.54) is 0 Å². The minimum absolute atomic E-state index is 0.266. The van der Waals surface area contributed by atoms with Crippen LogP contribution in [-0.4, -0.2) is 21.4 Å². The summed E-state index contributed by atoms with van der Waals surface area (Å²) in [5, 5.41) is 3.42. The summed E-state index contributed by atoms with van der Waals surface area (Å²) in [4.78, 5) is 17.5. The van der Waals surface area contributed by atoms with Crippen LogP contribution < -0.4 is 10.1 Å². The van der Waals surface area contributed by atoms with Crippen LogP contribution in [0, 0.1) is 6.92 Å². The molecule has 6 heteroatoms. The van der Waals surface area contributed by atoms with E-state index in [0.717, 1.165) is 22.5 Å². The predicted molar refractivity (Wildman–Crippen MR) is 116 cm³/mol. The van der Waals surface area contributed by atoms with E-state index < -0.39 is 6.10 Å². The SMILES string of the molecule is Cc1cccn2cc(-c3ccccc3NC(=O)C(C)Oc3ccccc3Cl)nc12. The number of hydrogen-bond acceptors (Lipinski definition) is 3. The number of amides is 1. The largest absolute Gasteiger partial charge is 0.479 e. The molecular formula is C23H20ClN3O2. The molecule has 2 heterocycles. The molecule has 4 aromatic rings. The van der Waals surface area contributed by atoms with E-state index in [-0.39, 0.29) is 5.91 Å². The van der Waals surface area contributed by atoms with Crippen LogP contribution in [0.15, 0.2) is 73.1 Å². The lowest BCUT2D eigenvalue weighted by atomic mass is 10.1. The number of carbonyl (C=O) groups excluding carboxylic acids is 1. The third-order valence-electron chi connectivity index (χ3n) is 4.65. The van der Waals surface area contributed by atoms with Gasteiger partial charge in [-0.25, -0.2) is 4.98 Å². The maximum Gasteiger partial charge on any atom is 0.265 e. The number of aromatic nitrogens is 2. The second-order valence-corrected chi connectivity index (χ2v) is 7.18. The van der Waals surface area contributed by atoms with Crippen molar-refractivity contribution in [2.45, 2.75) is 20.0 Å². The zero-order chi connectivity index (χ0) is 20.4. The number of aryl methyl sites for hydroxylation is 1. The number of pyridine rings is 1. The molecule has 0 saturated carbocycles. The fourth-order valence-electron chi connectivity index (χ4n) is 3.12. The topological polar surface area (TPSA) is 55.6 Å². The third kappa shape index (κ3) is 3.96. The van der Waals surface area contributed by atoms with Crippen molar-refractivity contribution in [3.8, 4) is 17.0 Å². The highest BCUT2D eigenvalue weighted by molar-refractivity contribution is 6.32. The molecule has 5 nitrogen and oxygen atoms in total. The summed E-state index contributed by atoms with van der Waals surface area (Å²) < 4.78 is 7.70. The van der Waals surface area contributed by atoms with Crippen molar-refractivity contribution in [1.82, 2.24) is 9.38 Å². The number of carbonyl (C=O) groups is 1. The Balaban J connectivity index is 1.59. The molecule has 0 fully saturated rings. The van der Waals surface area contributed by atoms with Gasteiger partial charge in [-0.1, -0.05) is 48.0 Å². The highest BCUT2D eigenvalue weighted by Crippen LogP contribution is 2.29. The maximum atomic E-state index is 12.7. The summed E-state index contributed by atoms with van der Waals surface area (Å²) in [6.45, 7) is 3.71. The van der Waals surface area contributed by atoms with Crippen LogP contribution in [0.25, 0.3) is 16.9 Å². The fourth-order valence-corrected chi connectivity index (χ4v) is 3.30. The van der Waals surface area contributed by atoms with E-state index in [0.29, 0.717) is 16.5 Å². The molecule has 0 aliphatic heterocycles. The molecule has 2 aromatic carbocycles. The lowest BCUT2D eigenvalue weighted by molar-refractivity contribution is -0.122. The van der Waals surface area contributed by atoms with Gasteiger partial charge in [0.15, 0.2) is 6.10 Å². The van der Waals surface area contributed by atoms with E-state index in [2.05, 4.69) is 5.32 Å². The average Bonchev–Trinajstić information content (AvgIpc) is 3.15. The summed E-state index contributed by atoms with van der Waals surface area (Å²) in [5.74, 6) is 0.207. The zero-order valence-electron chi connectivity index (χ0n) is 16.1. The van der Waals surface area contributed by atoms with Crippen LogP contribution in [0.2, 0.25) is 5.02 Å². The molecular weight excluding hydrogens is 386 g/mol. The summed E-state index contributed by atoms with van der Waals surface area (Å²) >= 11 is 6.12. The van der Waals surface area contributed by atoms with Gasteiger partial charge in [-0.15, -0.1) is 0 Å². The minimum Gasteiger partial charge on any atom is -0.479 e. The fraction of sp³-hybridized carbons (Fsp3) is 0.130. The molecule has 1 atom stereocenters. The Morgan fingerprint density at radius 3 is 2.66 bits per heavy atom. The van der Waals surface area contributed by atoms with E-state index in [1.807, 2.05) is 72.2 Å². The number of rotatable bonds is 5. The minimum atomic E-state index is -0.716. The number of para-hydroxylation sites is 2. The number of imidazole rings is 1. The molecule has 0 radical (unpaired) electrons. The molecule has 0 bridgehead atoms. The number of hydrogen-bond donors (Lipinski definition) is 1. The molecule has 0 spiro atoms. The van der Waals surface area contributed by atoms with Crippen molar-refractivity contribution in [2.24, 2.45) is 0 Å². The first-order valence-electron chi connectivity index (χ1n) is 9.28. The normalized spacial score (nSPS) is 12.0. The average molecular weight is 406 g/mol. The maximum absolute atomic E-state index is 12.7. The van der Waals surface area contributed by atoms with Crippen LogP contribution in [0.1, 0.15) is 12.5 Å². The standard InChI is InChI=1S/C23H20ClN3O2/c1-15-8-7-13-27-14-20(25-22(15)27)17-9-3-5-11-19(17)26-23(28)16(2)29-21-12-6-4-10-18(21)24/h3-14,16H,1-2H3,(H,26,28). The highest BCUT2D eigenvalue weighted by atomic mass is 35.5. The number of anilines is 1. The molecule has 29 heavy (non-hydrogen) atoms. The van der Waals surface area contributed by atoms with Crippen molar-refractivity contribution in [3.05, 3.63) is 83.6 Å². The van der Waals surface area contributed by atoms with Crippen LogP contribution in [0.5, 0.6) is 5.75 Å². The zero-order valence-corrected chi connectivity index (χ0v) is 16.9. The predicted octanol–water partition coefficient (Wildman–Crippen LogP) is 5.37. The van der Waals surface area contributed by atoms with Crippen LogP contribution >= 0.6 is 11.6 Å². The second kappa shape index (κ2) is 7.97. The van der Waals surface area contributed by atoms with Gasteiger partial charge < -0.3 is 14.5 Å². The monoisotopic (exact) mass is 405 g/mol. The molecule has 146 valence electrons. The van der Waals surface area contributed by atoms with Gasteiger partial charge in [-0.05, 0) is 43.7 Å². The van der Waals surface area contributed by atoms with E-state index in [1.54, 1.807) is 19.1 Å². The summed E-state index contributed by atoms with van der Waals surface area (Å²) in [7, 11) is 0. The lowest BCUT2D eigenvalue weighted by Crippen LogP contribution is -2.30. The summed E-state index contributed by atoms with van der Waals surface area (Å²) in [5.41, 5.74) is 4.28. The Labute approximate surface area is 173 Å². The van der Waals surface area contributed by atoms with E-state index in [9.17, 15) is 4.79 Å². The van der Waals surface area contributed by atoms with Gasteiger partial charge in [0.05, 0.1) is 16.4 Å². The smallest absolute Gasteiger partial charge is 0.265 e. The van der Waals surface area contributed by atoms with Gasteiger partial charge in [0.25, 0.3) is 5.91 Å². The highest BCUT2D eigenvalue weighted by Gasteiger charge is 2.18. The second-order valence-electron chi connectivity index (χ2n) is 6.77. The van der Waals surface area contributed by atoms with E-state index in [4.69, 9.17) is 21.3 Å². The summed E-state index contributed by atoms with van der Waals surface area (Å²) in [6.07, 6.45) is 3.20. The molecule has 2 aromatic heterocycles. The van der Waals surface area contributed by atoms with Gasteiger partial charge >= 0.3 is 0 Å². The molecule has 1 N–H and O–H groups in total. The first-order valence-corrected chi connectivity index (χ1v) is 9.66. The van der Waals surface area contributed by atoms with Crippen molar-refractivity contribution >= 4 is 28.8 Å². The molecule has 1 unspecified atom stereocenters. The third-order valence-corrected chi connectivity index (χ3v) is 4.96. The van der Waals surface area contributed by atoms with Crippen molar-refractivity contribution in [1.29, 1.82) is 0 Å². The first-order chi connectivity index (χ1) is 14.0. The molecule has 1 amide bonds. The number of ether oxygens (including phenoxy) is 1. The van der Waals surface area contributed by atoms with Crippen molar-refractivity contribution < 1.29 is 9.53 Å². The first kappa shape index (κ1) is 19.0. The van der Waals surface area contributed by atoms with Crippen LogP contribution in [0.3, 0.4) is 0 Å². The van der Waals surface area contributed by atoms with Gasteiger partial charge in [-0.2, -0.15) is 0 Å². The number of nitrogens with zero attached hydrogens (tertiary/aromatic N) is 2. The molecule has 0 saturated heterocycles. The molecule has 4 rings (SSSR count). The van der Waals surface area contributed by atoms with Gasteiger partial charge in [0.2, 0.25) is 0 Å². The van der Waals surface area contributed by atoms with Crippen molar-refractivity contribution in [3.63, 3.8) is 0 Å². The van der Waals surface area contributed by atoms with Crippen LogP contribution in [0.4, 0.5) is 5.69 Å². The Bertz CT molecular complexity index is 1190. The van der Waals surface area contributed by atoms with E-state index >= 15 is 0 Å². The Morgan fingerprint density at radius 2 is 1.86 bits per heavy atom. The van der Waals surface area contributed by atoms with Crippen LogP contribution in [-0.2, 0) is 4.79 Å². The molecule has 0 aliphatic rings. The Kier molecular flexibility index (Phi) is 5.23. The Morgan fingerprint density at radius 1 is 1.10 bits per heavy atom. The van der Waals surface area contributed by atoms with Crippen molar-refractivity contribution in [2.75, 3.05) is 5.32 Å². The summed E-state index contributed by atoms with van der Waals surface area (Å²) in [6, 6.07) is 18.7. The molecule has 0 aliphatic carbocycles. The van der Waals surface area contributed by atoms with Gasteiger partial charge in [-0.3, -0.25) is 4.79 Å².